The number of rotatable bonds is 1. The summed E-state index contributed by atoms with van der Waals surface area (Å²) in [5.74, 6) is 0.392. The average molecular weight is 270 g/mol. The maximum atomic E-state index is 5.90. The number of aliphatic imine (C=N–C) groups is 1. The third-order valence-corrected chi connectivity index (χ3v) is 3.15. The highest BCUT2D eigenvalue weighted by molar-refractivity contribution is 6.30. The van der Waals surface area contributed by atoms with Gasteiger partial charge in [0.2, 0.25) is 0 Å². The van der Waals surface area contributed by atoms with E-state index in [0.29, 0.717) is 11.0 Å². The fourth-order valence-corrected chi connectivity index (χ4v) is 2.10. The first-order valence-electron chi connectivity index (χ1n) is 5.90. The summed E-state index contributed by atoms with van der Waals surface area (Å²) >= 11 is 5.90. The minimum Gasteiger partial charge on any atom is -0.369 e. The van der Waals surface area contributed by atoms with Crippen LogP contribution in [0.5, 0.6) is 0 Å². The van der Waals surface area contributed by atoms with Crippen LogP contribution < -0.4 is 11.1 Å². The molecule has 0 spiro atoms. The number of allylic oxidation sites excluding steroid dienone is 6. The van der Waals surface area contributed by atoms with Crippen molar-refractivity contribution in [2.24, 2.45) is 10.7 Å². The van der Waals surface area contributed by atoms with E-state index in [1.165, 1.54) is 0 Å². The van der Waals surface area contributed by atoms with Crippen LogP contribution in [0.2, 0.25) is 5.02 Å². The van der Waals surface area contributed by atoms with Gasteiger partial charge in [0, 0.05) is 10.6 Å². The summed E-state index contributed by atoms with van der Waals surface area (Å²) in [5, 5.41) is 3.78. The number of halogens is 1. The zero-order valence-electron chi connectivity index (χ0n) is 10.1. The zero-order valence-corrected chi connectivity index (χ0v) is 10.9. The van der Waals surface area contributed by atoms with Gasteiger partial charge in [-0.1, -0.05) is 48.0 Å². The van der Waals surface area contributed by atoms with Crippen LogP contribution >= 0.6 is 11.6 Å². The van der Waals surface area contributed by atoms with E-state index in [1.807, 2.05) is 54.6 Å². The van der Waals surface area contributed by atoms with Gasteiger partial charge in [-0.3, -0.25) is 0 Å². The van der Waals surface area contributed by atoms with Crippen LogP contribution in [0.25, 0.3) is 5.70 Å². The highest BCUT2D eigenvalue weighted by Crippen LogP contribution is 2.23. The second-order valence-electron chi connectivity index (χ2n) is 4.25. The summed E-state index contributed by atoms with van der Waals surface area (Å²) in [6.07, 6.45) is 9.95. The molecule has 0 saturated heterocycles. The van der Waals surface area contributed by atoms with Crippen LogP contribution in [0.3, 0.4) is 0 Å². The number of guanidine groups is 1. The average Bonchev–Trinajstić information content (AvgIpc) is 2.93. The van der Waals surface area contributed by atoms with Crippen LogP contribution in [0.15, 0.2) is 70.9 Å². The molecule has 0 bridgehead atoms. The molecule has 94 valence electrons. The lowest BCUT2D eigenvalue weighted by Gasteiger charge is -2.16. The molecule has 0 radical (unpaired) electrons. The van der Waals surface area contributed by atoms with Gasteiger partial charge < -0.3 is 11.1 Å². The van der Waals surface area contributed by atoms with E-state index < -0.39 is 0 Å². The van der Waals surface area contributed by atoms with Crippen molar-refractivity contribution in [2.75, 3.05) is 0 Å². The molecule has 1 aromatic carbocycles. The Hall–Kier alpha value is -2.26. The molecule has 1 heterocycles. The van der Waals surface area contributed by atoms with Crippen LogP contribution in [0.1, 0.15) is 5.56 Å². The van der Waals surface area contributed by atoms with Crippen LogP contribution in [-0.4, -0.2) is 5.96 Å². The highest BCUT2D eigenvalue weighted by Gasteiger charge is 2.12. The first-order valence-corrected chi connectivity index (χ1v) is 6.28. The Bertz CT molecular complexity index is 647. The Labute approximate surface area is 116 Å². The fourth-order valence-electron chi connectivity index (χ4n) is 1.98. The van der Waals surface area contributed by atoms with Gasteiger partial charge in [-0.2, -0.15) is 0 Å². The predicted molar refractivity (Wildman–Crippen MR) is 79.5 cm³/mol. The summed E-state index contributed by atoms with van der Waals surface area (Å²) in [6, 6.07) is 7.60. The summed E-state index contributed by atoms with van der Waals surface area (Å²) < 4.78 is 0. The van der Waals surface area contributed by atoms with Crippen molar-refractivity contribution in [3.63, 3.8) is 0 Å². The van der Waals surface area contributed by atoms with Crippen molar-refractivity contribution in [3.05, 3.63) is 76.5 Å². The van der Waals surface area contributed by atoms with Crippen molar-refractivity contribution < 1.29 is 0 Å². The van der Waals surface area contributed by atoms with Gasteiger partial charge in [-0.05, 0) is 23.8 Å². The second-order valence-corrected chi connectivity index (χ2v) is 4.68. The minimum atomic E-state index is 0.392. The maximum absolute atomic E-state index is 5.90. The number of nitrogens with one attached hydrogen (secondary N) is 1. The number of nitrogens with zero attached hydrogens (tertiary/aromatic N) is 1. The Morgan fingerprint density at radius 2 is 1.74 bits per heavy atom. The third kappa shape index (κ3) is 2.46. The van der Waals surface area contributed by atoms with Crippen LogP contribution in [-0.2, 0) is 0 Å². The minimum absolute atomic E-state index is 0.392. The predicted octanol–water partition coefficient (Wildman–Crippen LogP) is 2.98. The smallest absolute Gasteiger partial charge is 0.198 e. The normalized spacial score (nSPS) is 17.3. The fraction of sp³-hybridized carbons (Fsp3) is 0. The lowest BCUT2D eigenvalue weighted by Crippen LogP contribution is -2.32. The summed E-state index contributed by atoms with van der Waals surface area (Å²) in [5.41, 5.74) is 9.68. The molecule has 3 rings (SSSR count). The molecule has 0 amide bonds. The largest absolute Gasteiger partial charge is 0.369 e. The Morgan fingerprint density at radius 3 is 2.42 bits per heavy atom. The maximum Gasteiger partial charge on any atom is 0.198 e. The van der Waals surface area contributed by atoms with Crippen molar-refractivity contribution in [2.45, 2.75) is 0 Å². The molecule has 1 aliphatic carbocycles. The lowest BCUT2D eigenvalue weighted by molar-refractivity contribution is 1.16. The molecule has 0 fully saturated rings. The molecule has 0 atom stereocenters. The van der Waals surface area contributed by atoms with Crippen LogP contribution in [0, 0.1) is 0 Å². The first-order chi connectivity index (χ1) is 9.22. The zero-order chi connectivity index (χ0) is 13.2. The van der Waals surface area contributed by atoms with E-state index in [4.69, 9.17) is 17.3 Å². The van der Waals surface area contributed by atoms with E-state index in [-0.39, 0.29) is 0 Å². The highest BCUT2D eigenvalue weighted by atomic mass is 35.5. The Kier molecular flexibility index (Phi) is 2.97. The summed E-state index contributed by atoms with van der Waals surface area (Å²) in [4.78, 5) is 4.32. The van der Waals surface area contributed by atoms with E-state index in [1.54, 1.807) is 0 Å². The summed E-state index contributed by atoms with van der Waals surface area (Å²) in [6.45, 7) is 0. The number of benzene rings is 1. The molecule has 3 nitrogen and oxygen atoms in total. The van der Waals surface area contributed by atoms with Crippen LogP contribution in [0.4, 0.5) is 0 Å². The van der Waals surface area contributed by atoms with Crippen molar-refractivity contribution in [1.82, 2.24) is 5.32 Å². The molecule has 1 aliphatic heterocycles. The van der Waals surface area contributed by atoms with Gasteiger partial charge >= 0.3 is 0 Å². The van der Waals surface area contributed by atoms with E-state index >= 15 is 0 Å². The topological polar surface area (TPSA) is 50.4 Å². The molecule has 0 unspecified atom stereocenters. The number of nitrogens with two attached hydrogens (primary N) is 1. The van der Waals surface area contributed by atoms with Gasteiger partial charge in [-0.15, -0.1) is 0 Å². The number of hydrogen-bond acceptors (Lipinski definition) is 3. The molecule has 3 N–H and O–H groups in total. The van der Waals surface area contributed by atoms with E-state index in [2.05, 4.69) is 10.3 Å². The molecule has 0 aromatic heterocycles. The molecule has 1 aromatic rings. The van der Waals surface area contributed by atoms with E-state index in [0.717, 1.165) is 22.5 Å². The van der Waals surface area contributed by atoms with Gasteiger partial charge in [0.05, 0.1) is 11.4 Å². The molecule has 4 heteroatoms. The SMILES string of the molecule is NC1=NC(=C2C=CC=C2)C=C(c2ccc(Cl)cc2)N1. The van der Waals surface area contributed by atoms with Gasteiger partial charge in [-0.25, -0.2) is 4.99 Å². The van der Waals surface area contributed by atoms with E-state index in [9.17, 15) is 0 Å². The van der Waals surface area contributed by atoms with Gasteiger partial charge in [0.1, 0.15) is 0 Å². The molecular formula is C15H12ClN3. The number of hydrogen-bond donors (Lipinski definition) is 2. The molecule has 2 aliphatic rings. The molecule has 19 heavy (non-hydrogen) atoms. The monoisotopic (exact) mass is 269 g/mol. The quantitative estimate of drug-likeness (QED) is 0.823. The van der Waals surface area contributed by atoms with Crippen molar-refractivity contribution in [3.8, 4) is 0 Å². The Morgan fingerprint density at radius 1 is 1.05 bits per heavy atom. The first kappa shape index (κ1) is 11.8. The summed E-state index contributed by atoms with van der Waals surface area (Å²) in [7, 11) is 0. The molecule has 0 saturated carbocycles. The van der Waals surface area contributed by atoms with Gasteiger partial charge in [0.15, 0.2) is 5.96 Å². The van der Waals surface area contributed by atoms with Crippen molar-refractivity contribution in [1.29, 1.82) is 0 Å². The van der Waals surface area contributed by atoms with Crippen molar-refractivity contribution >= 4 is 23.3 Å². The van der Waals surface area contributed by atoms with Gasteiger partial charge in [0.25, 0.3) is 0 Å². The third-order valence-electron chi connectivity index (χ3n) is 2.90. The lowest BCUT2D eigenvalue weighted by atomic mass is 10.1. The standard InChI is InChI=1S/C15H12ClN3/c16-12-7-5-11(6-8-12)14-9-13(18-15(17)19-14)10-3-1-2-4-10/h1-9H,(H3,17,18,19). The Balaban J connectivity index is 2.03. The second kappa shape index (κ2) is 4.78. The molecular weight excluding hydrogens is 258 g/mol.